The van der Waals surface area contributed by atoms with Crippen LogP contribution in [0, 0.1) is 11.8 Å². The molecule has 1 aromatic rings. The highest BCUT2D eigenvalue weighted by atomic mass is 16.5. The van der Waals surface area contributed by atoms with E-state index in [1.165, 1.54) is 102 Å². The van der Waals surface area contributed by atoms with E-state index in [1.54, 1.807) is 0 Å². The van der Waals surface area contributed by atoms with Gasteiger partial charge in [0.15, 0.2) is 0 Å². The van der Waals surface area contributed by atoms with Crippen LogP contribution in [0.1, 0.15) is 109 Å². The van der Waals surface area contributed by atoms with Crippen molar-refractivity contribution in [2.45, 2.75) is 110 Å². The lowest BCUT2D eigenvalue weighted by molar-refractivity contribution is 0.245. The molecular weight excluding hydrogens is 328 g/mol. The van der Waals surface area contributed by atoms with Gasteiger partial charge in [-0.15, -0.1) is 0 Å². The molecule has 1 heteroatoms. The first-order chi connectivity index (χ1) is 13.3. The molecule has 0 N–H and O–H groups in total. The summed E-state index contributed by atoms with van der Waals surface area (Å²) >= 11 is 0. The molecule has 0 bridgehead atoms. The van der Waals surface area contributed by atoms with Gasteiger partial charge >= 0.3 is 0 Å². The highest BCUT2D eigenvalue weighted by molar-refractivity contribution is 5.27. The fourth-order valence-electron chi connectivity index (χ4n) is 4.55. The summed E-state index contributed by atoms with van der Waals surface area (Å²) in [6.07, 6.45) is 20.9. The van der Waals surface area contributed by atoms with Crippen molar-refractivity contribution < 1.29 is 4.74 Å². The summed E-state index contributed by atoms with van der Waals surface area (Å²) in [6.45, 7) is 5.40. The Balaban J connectivity index is 1.51. The van der Waals surface area contributed by atoms with Crippen LogP contribution in [-0.2, 0) is 6.42 Å². The van der Waals surface area contributed by atoms with Crippen LogP contribution in [0.5, 0.6) is 5.75 Å². The first-order valence-corrected chi connectivity index (χ1v) is 12.0. The number of aryl methyl sites for hydroxylation is 1. The molecule has 1 nitrogen and oxygen atoms in total. The van der Waals surface area contributed by atoms with E-state index in [4.69, 9.17) is 4.74 Å². The van der Waals surface area contributed by atoms with E-state index < -0.39 is 0 Å². The lowest BCUT2D eigenvalue weighted by Crippen LogP contribution is -2.14. The van der Waals surface area contributed by atoms with Gasteiger partial charge in [-0.1, -0.05) is 103 Å². The molecule has 1 saturated carbocycles. The third-order valence-electron chi connectivity index (χ3n) is 6.45. The number of hydrogen-bond acceptors (Lipinski definition) is 1. The first-order valence-electron chi connectivity index (χ1n) is 12.0. The fraction of sp³-hybridized carbons (Fsp3) is 0.769. The maximum atomic E-state index is 5.81. The van der Waals surface area contributed by atoms with Gasteiger partial charge in [-0.25, -0.2) is 0 Å². The molecule has 1 aliphatic carbocycles. The molecule has 0 amide bonds. The number of unbranched alkanes of at least 4 members (excludes halogenated alkanes) is 5. The third kappa shape index (κ3) is 9.67. The van der Waals surface area contributed by atoms with E-state index >= 15 is 0 Å². The van der Waals surface area contributed by atoms with E-state index in [2.05, 4.69) is 38.1 Å². The topological polar surface area (TPSA) is 9.23 Å². The van der Waals surface area contributed by atoms with Gasteiger partial charge in [0.1, 0.15) is 5.75 Å². The molecule has 2 rings (SSSR count). The van der Waals surface area contributed by atoms with Crippen LogP contribution in [0.4, 0.5) is 0 Å². The second-order valence-corrected chi connectivity index (χ2v) is 8.83. The zero-order valence-corrected chi connectivity index (χ0v) is 18.2. The van der Waals surface area contributed by atoms with Gasteiger partial charge in [0.05, 0.1) is 6.61 Å². The molecule has 0 atom stereocenters. The summed E-state index contributed by atoms with van der Waals surface area (Å²) in [4.78, 5) is 0. The van der Waals surface area contributed by atoms with Crippen LogP contribution in [0.3, 0.4) is 0 Å². The molecule has 1 aliphatic rings. The summed E-state index contributed by atoms with van der Waals surface area (Å²) in [5.41, 5.74) is 1.47. The number of ether oxygens (including phenoxy) is 1. The van der Waals surface area contributed by atoms with Crippen LogP contribution in [0.25, 0.3) is 0 Å². The zero-order chi connectivity index (χ0) is 19.2. The van der Waals surface area contributed by atoms with E-state index in [0.717, 1.165) is 24.2 Å². The van der Waals surface area contributed by atoms with Crippen molar-refractivity contribution in [3.63, 3.8) is 0 Å². The van der Waals surface area contributed by atoms with Gasteiger partial charge < -0.3 is 4.74 Å². The van der Waals surface area contributed by atoms with Crippen molar-refractivity contribution in [2.75, 3.05) is 6.61 Å². The monoisotopic (exact) mass is 372 g/mol. The van der Waals surface area contributed by atoms with Crippen LogP contribution < -0.4 is 4.74 Å². The Hall–Kier alpha value is -0.980. The Morgan fingerprint density at radius 3 is 1.85 bits per heavy atom. The molecule has 1 aromatic carbocycles. The number of hydrogen-bond donors (Lipinski definition) is 0. The van der Waals surface area contributed by atoms with Crippen molar-refractivity contribution in [2.24, 2.45) is 11.8 Å². The predicted molar refractivity (Wildman–Crippen MR) is 119 cm³/mol. The number of benzene rings is 1. The predicted octanol–water partition coefficient (Wildman–Crippen LogP) is 8.36. The average Bonchev–Trinajstić information content (AvgIpc) is 2.71. The Kier molecular flexibility index (Phi) is 11.6. The largest absolute Gasteiger partial charge is 0.494 e. The minimum absolute atomic E-state index is 0.855. The van der Waals surface area contributed by atoms with E-state index in [9.17, 15) is 0 Å². The van der Waals surface area contributed by atoms with Crippen LogP contribution in [0.15, 0.2) is 24.3 Å². The van der Waals surface area contributed by atoms with E-state index in [1.807, 2.05) is 0 Å². The summed E-state index contributed by atoms with van der Waals surface area (Å²) < 4.78 is 5.81. The maximum absolute atomic E-state index is 5.81. The second kappa shape index (κ2) is 14.1. The Labute approximate surface area is 169 Å². The van der Waals surface area contributed by atoms with Gasteiger partial charge in [0.25, 0.3) is 0 Å². The molecular formula is C26H44O. The molecule has 154 valence electrons. The lowest BCUT2D eigenvalue weighted by Gasteiger charge is -2.28. The third-order valence-corrected chi connectivity index (χ3v) is 6.45. The standard InChI is InChI=1S/C26H44O/c1-3-5-7-11-23-14-16-24(17-15-23)12-8-9-13-25-18-20-26(21-19-25)27-22-10-6-4-2/h18-21,23-24H,3-17,22H2,1-2H3. The van der Waals surface area contributed by atoms with Gasteiger partial charge in [-0.3, -0.25) is 0 Å². The molecule has 0 spiro atoms. The van der Waals surface area contributed by atoms with Gasteiger partial charge in [0, 0.05) is 0 Å². The van der Waals surface area contributed by atoms with Gasteiger partial charge in [-0.05, 0) is 48.8 Å². The molecule has 0 radical (unpaired) electrons. The fourth-order valence-corrected chi connectivity index (χ4v) is 4.55. The first kappa shape index (κ1) is 22.3. The Morgan fingerprint density at radius 2 is 1.26 bits per heavy atom. The van der Waals surface area contributed by atoms with Crippen LogP contribution in [0.2, 0.25) is 0 Å². The molecule has 27 heavy (non-hydrogen) atoms. The van der Waals surface area contributed by atoms with E-state index in [0.29, 0.717) is 0 Å². The molecule has 0 saturated heterocycles. The smallest absolute Gasteiger partial charge is 0.119 e. The highest BCUT2D eigenvalue weighted by Crippen LogP contribution is 2.34. The summed E-state index contributed by atoms with van der Waals surface area (Å²) in [5.74, 6) is 3.10. The average molecular weight is 373 g/mol. The summed E-state index contributed by atoms with van der Waals surface area (Å²) in [6, 6.07) is 8.83. The lowest BCUT2D eigenvalue weighted by atomic mass is 9.78. The molecule has 0 aromatic heterocycles. The van der Waals surface area contributed by atoms with Crippen LogP contribution >= 0.6 is 0 Å². The number of rotatable bonds is 14. The maximum Gasteiger partial charge on any atom is 0.119 e. The van der Waals surface area contributed by atoms with Crippen molar-refractivity contribution in [3.05, 3.63) is 29.8 Å². The summed E-state index contributed by atoms with van der Waals surface area (Å²) in [5, 5.41) is 0. The molecule has 0 aliphatic heterocycles. The van der Waals surface area contributed by atoms with Crippen molar-refractivity contribution >= 4 is 0 Å². The molecule has 0 heterocycles. The van der Waals surface area contributed by atoms with E-state index in [-0.39, 0.29) is 0 Å². The van der Waals surface area contributed by atoms with Crippen molar-refractivity contribution in [1.29, 1.82) is 0 Å². The Morgan fingerprint density at radius 1 is 0.704 bits per heavy atom. The SMILES string of the molecule is CCCCCOc1ccc(CCCCC2CCC(CCCCC)CC2)cc1. The Bertz CT molecular complexity index is 456. The second-order valence-electron chi connectivity index (χ2n) is 8.83. The minimum atomic E-state index is 0.855. The zero-order valence-electron chi connectivity index (χ0n) is 18.2. The van der Waals surface area contributed by atoms with Crippen molar-refractivity contribution in [1.82, 2.24) is 0 Å². The highest BCUT2D eigenvalue weighted by Gasteiger charge is 2.20. The summed E-state index contributed by atoms with van der Waals surface area (Å²) in [7, 11) is 0. The minimum Gasteiger partial charge on any atom is -0.494 e. The van der Waals surface area contributed by atoms with Crippen molar-refractivity contribution in [3.8, 4) is 5.75 Å². The molecule has 1 fully saturated rings. The normalized spacial score (nSPS) is 19.9. The quantitative estimate of drug-likeness (QED) is 0.298. The molecule has 0 unspecified atom stereocenters. The van der Waals surface area contributed by atoms with Gasteiger partial charge in [0.2, 0.25) is 0 Å². The van der Waals surface area contributed by atoms with Crippen LogP contribution in [-0.4, -0.2) is 6.61 Å². The van der Waals surface area contributed by atoms with Gasteiger partial charge in [-0.2, -0.15) is 0 Å².